The van der Waals surface area contributed by atoms with E-state index in [1.165, 1.54) is 0 Å². The first-order valence-corrected chi connectivity index (χ1v) is 6.19. The van der Waals surface area contributed by atoms with Crippen LogP contribution in [0.2, 0.25) is 0 Å². The van der Waals surface area contributed by atoms with Crippen LogP contribution in [-0.4, -0.2) is 35.5 Å². The molecule has 0 aliphatic carbocycles. The molecule has 1 aliphatic heterocycles. The molecule has 1 aliphatic rings. The Morgan fingerprint density at radius 2 is 1.95 bits per heavy atom. The lowest BCUT2D eigenvalue weighted by atomic mass is 10.2. The van der Waals surface area contributed by atoms with Crippen LogP contribution in [0.5, 0.6) is 0 Å². The third kappa shape index (κ3) is 3.56. The molecule has 0 aromatic heterocycles. The Hall–Kier alpha value is -2.90. The van der Waals surface area contributed by atoms with Gasteiger partial charge in [-0.2, -0.15) is 0 Å². The molecule has 0 radical (unpaired) electrons. The van der Waals surface area contributed by atoms with E-state index in [4.69, 9.17) is 5.11 Å². The van der Waals surface area contributed by atoms with E-state index in [1.54, 1.807) is 24.3 Å². The van der Waals surface area contributed by atoms with Gasteiger partial charge in [0.1, 0.15) is 6.54 Å². The maximum atomic E-state index is 12.0. The molecule has 21 heavy (non-hydrogen) atoms. The minimum atomic E-state index is -1.12. The highest BCUT2D eigenvalue weighted by Gasteiger charge is 2.27. The molecule has 0 spiro atoms. The first kappa shape index (κ1) is 14.5. The molecule has 0 atom stereocenters. The zero-order valence-electron chi connectivity index (χ0n) is 11.0. The highest BCUT2D eigenvalue weighted by Crippen LogP contribution is 2.28. The zero-order chi connectivity index (χ0) is 15.4. The predicted molar refractivity (Wildman–Crippen MR) is 72.8 cm³/mol. The Balaban J connectivity index is 2.07. The number of carboxylic acids is 1. The van der Waals surface area contributed by atoms with Gasteiger partial charge in [0.2, 0.25) is 11.8 Å². The lowest BCUT2D eigenvalue weighted by Crippen LogP contribution is -2.48. The average molecular weight is 291 g/mol. The van der Waals surface area contributed by atoms with Gasteiger partial charge in [0, 0.05) is 6.42 Å². The van der Waals surface area contributed by atoms with Crippen molar-refractivity contribution in [1.82, 2.24) is 5.32 Å². The molecular formula is C13H13N3O5. The zero-order valence-corrected chi connectivity index (χ0v) is 11.0. The summed E-state index contributed by atoms with van der Waals surface area (Å²) in [5, 5.41) is 13.2. The van der Waals surface area contributed by atoms with Crippen molar-refractivity contribution >= 4 is 35.2 Å². The van der Waals surface area contributed by atoms with Crippen molar-refractivity contribution in [3.63, 3.8) is 0 Å². The number of aliphatic carboxylic acids is 1. The van der Waals surface area contributed by atoms with E-state index < -0.39 is 17.9 Å². The smallest absolute Gasteiger partial charge is 0.329 e. The van der Waals surface area contributed by atoms with E-state index >= 15 is 0 Å². The SMILES string of the molecule is O=C(O)CCC(=O)NC(=O)N1CC(=O)Nc2ccccc21. The van der Waals surface area contributed by atoms with Crippen molar-refractivity contribution in [1.29, 1.82) is 0 Å². The van der Waals surface area contributed by atoms with Crippen molar-refractivity contribution in [2.75, 3.05) is 16.8 Å². The molecule has 0 saturated carbocycles. The number of imide groups is 1. The molecule has 110 valence electrons. The Morgan fingerprint density at radius 1 is 1.24 bits per heavy atom. The molecule has 1 aromatic rings. The van der Waals surface area contributed by atoms with E-state index in [9.17, 15) is 19.2 Å². The number of carboxylic acid groups (broad SMARTS) is 1. The van der Waals surface area contributed by atoms with E-state index in [1.807, 2.05) is 0 Å². The number of anilines is 2. The third-order valence-electron chi connectivity index (χ3n) is 2.83. The lowest BCUT2D eigenvalue weighted by molar-refractivity contribution is -0.138. The fourth-order valence-electron chi connectivity index (χ4n) is 1.88. The van der Waals surface area contributed by atoms with Crippen molar-refractivity contribution < 1.29 is 24.3 Å². The van der Waals surface area contributed by atoms with E-state index in [0.717, 1.165) is 4.90 Å². The third-order valence-corrected chi connectivity index (χ3v) is 2.83. The predicted octanol–water partition coefficient (Wildman–Crippen LogP) is 0.546. The van der Waals surface area contributed by atoms with Crippen LogP contribution in [0.4, 0.5) is 16.2 Å². The minimum Gasteiger partial charge on any atom is -0.481 e. The Kier molecular flexibility index (Phi) is 4.17. The summed E-state index contributed by atoms with van der Waals surface area (Å²) in [6.07, 6.45) is -0.668. The molecule has 3 N–H and O–H groups in total. The van der Waals surface area contributed by atoms with Crippen LogP contribution in [0.25, 0.3) is 0 Å². The minimum absolute atomic E-state index is 0.213. The van der Waals surface area contributed by atoms with Gasteiger partial charge >= 0.3 is 12.0 Å². The van der Waals surface area contributed by atoms with Crippen molar-refractivity contribution in [2.45, 2.75) is 12.8 Å². The van der Waals surface area contributed by atoms with Crippen molar-refractivity contribution in [3.8, 4) is 0 Å². The molecular weight excluding hydrogens is 278 g/mol. The fourth-order valence-corrected chi connectivity index (χ4v) is 1.88. The topological polar surface area (TPSA) is 116 Å². The maximum Gasteiger partial charge on any atom is 0.329 e. The molecule has 0 unspecified atom stereocenters. The summed E-state index contributed by atoms with van der Waals surface area (Å²) in [6, 6.07) is 5.92. The van der Waals surface area contributed by atoms with E-state index in [0.29, 0.717) is 11.4 Å². The van der Waals surface area contributed by atoms with Crippen LogP contribution >= 0.6 is 0 Å². The number of carbonyl (C=O) groups is 4. The monoisotopic (exact) mass is 291 g/mol. The van der Waals surface area contributed by atoms with E-state index in [-0.39, 0.29) is 25.3 Å². The summed E-state index contributed by atoms with van der Waals surface area (Å²) in [5.74, 6) is -2.20. The van der Waals surface area contributed by atoms with Crippen LogP contribution < -0.4 is 15.5 Å². The lowest BCUT2D eigenvalue weighted by Gasteiger charge is -2.28. The highest BCUT2D eigenvalue weighted by atomic mass is 16.4. The van der Waals surface area contributed by atoms with Gasteiger partial charge in [0.05, 0.1) is 17.8 Å². The van der Waals surface area contributed by atoms with Gasteiger partial charge in [-0.25, -0.2) is 4.79 Å². The first-order chi connectivity index (χ1) is 9.97. The molecule has 1 heterocycles. The van der Waals surface area contributed by atoms with Crippen molar-refractivity contribution in [3.05, 3.63) is 24.3 Å². The standard InChI is InChI=1S/C13H13N3O5/c17-10(5-6-12(19)20)15-13(21)16-7-11(18)14-8-3-1-2-4-9(8)16/h1-4H,5-7H2,(H,14,18)(H,19,20)(H,15,17,21). The Morgan fingerprint density at radius 3 is 2.67 bits per heavy atom. The van der Waals surface area contributed by atoms with Gasteiger partial charge in [-0.1, -0.05) is 12.1 Å². The summed E-state index contributed by atoms with van der Waals surface area (Å²) in [7, 11) is 0. The molecule has 1 aromatic carbocycles. The quantitative estimate of drug-likeness (QED) is 0.752. The second-order valence-corrected chi connectivity index (χ2v) is 4.40. The van der Waals surface area contributed by atoms with Gasteiger partial charge in [0.25, 0.3) is 0 Å². The summed E-state index contributed by atoms with van der Waals surface area (Å²) >= 11 is 0. The van der Waals surface area contributed by atoms with E-state index in [2.05, 4.69) is 10.6 Å². The largest absolute Gasteiger partial charge is 0.481 e. The van der Waals surface area contributed by atoms with Crippen LogP contribution in [0, 0.1) is 0 Å². The Labute approximate surface area is 119 Å². The van der Waals surface area contributed by atoms with Gasteiger partial charge in [-0.05, 0) is 12.1 Å². The van der Waals surface area contributed by atoms with Crippen LogP contribution in [0.1, 0.15) is 12.8 Å². The first-order valence-electron chi connectivity index (χ1n) is 6.19. The second kappa shape index (κ2) is 6.04. The van der Waals surface area contributed by atoms with Crippen LogP contribution in [-0.2, 0) is 14.4 Å². The summed E-state index contributed by atoms with van der Waals surface area (Å²) < 4.78 is 0. The average Bonchev–Trinajstić information content (AvgIpc) is 2.44. The highest BCUT2D eigenvalue weighted by molar-refractivity contribution is 6.12. The number of benzene rings is 1. The van der Waals surface area contributed by atoms with Crippen LogP contribution in [0.15, 0.2) is 24.3 Å². The fraction of sp³-hybridized carbons (Fsp3) is 0.231. The molecule has 0 fully saturated rings. The van der Waals surface area contributed by atoms with Gasteiger partial charge in [-0.15, -0.1) is 0 Å². The van der Waals surface area contributed by atoms with Gasteiger partial charge in [0.15, 0.2) is 0 Å². The number of rotatable bonds is 3. The number of amides is 4. The number of hydrogen-bond acceptors (Lipinski definition) is 4. The number of para-hydroxylation sites is 2. The van der Waals surface area contributed by atoms with Gasteiger partial charge in [-0.3, -0.25) is 24.6 Å². The Bertz CT molecular complexity index is 614. The number of carbonyl (C=O) groups excluding carboxylic acids is 3. The molecule has 0 bridgehead atoms. The molecule has 2 rings (SSSR count). The summed E-state index contributed by atoms with van der Waals surface area (Å²) in [4.78, 5) is 46.5. The molecule has 4 amide bonds. The number of nitrogens with zero attached hydrogens (tertiary/aromatic N) is 1. The molecule has 0 saturated heterocycles. The number of urea groups is 1. The normalized spacial score (nSPS) is 13.1. The number of fused-ring (bicyclic) bond motifs is 1. The maximum absolute atomic E-state index is 12.0. The number of nitrogens with one attached hydrogen (secondary N) is 2. The molecule has 8 heteroatoms. The second-order valence-electron chi connectivity index (χ2n) is 4.40. The summed E-state index contributed by atoms with van der Waals surface area (Å²) in [5.41, 5.74) is 0.947. The van der Waals surface area contributed by atoms with Crippen molar-refractivity contribution in [2.24, 2.45) is 0 Å². The van der Waals surface area contributed by atoms with Crippen LogP contribution in [0.3, 0.4) is 0 Å². The summed E-state index contributed by atoms with van der Waals surface area (Å²) in [6.45, 7) is -0.213. The number of hydrogen-bond donors (Lipinski definition) is 3. The van der Waals surface area contributed by atoms with Gasteiger partial charge < -0.3 is 10.4 Å². The molecule has 8 nitrogen and oxygen atoms in total.